The highest BCUT2D eigenvalue weighted by Gasteiger charge is 2.63. The van der Waals surface area contributed by atoms with E-state index in [0.29, 0.717) is 12.3 Å². The second-order valence-electron chi connectivity index (χ2n) is 10.5. The summed E-state index contributed by atoms with van der Waals surface area (Å²) in [4.78, 5) is 17.7. The molecule has 1 aromatic rings. The van der Waals surface area contributed by atoms with E-state index in [1.54, 1.807) is 0 Å². The van der Waals surface area contributed by atoms with Gasteiger partial charge in [0.2, 0.25) is 6.79 Å². The van der Waals surface area contributed by atoms with Crippen molar-refractivity contribution in [3.63, 3.8) is 0 Å². The Hall–Kier alpha value is -2.30. The maximum atomic E-state index is 12.3. The number of fused-ring (bicyclic) bond motifs is 3. The average Bonchev–Trinajstić information content (AvgIpc) is 3.19. The van der Waals surface area contributed by atoms with Gasteiger partial charge in [0.25, 0.3) is 0 Å². The van der Waals surface area contributed by atoms with E-state index in [1.807, 2.05) is 39.0 Å². The lowest BCUT2D eigenvalue weighted by Gasteiger charge is -2.33. The summed E-state index contributed by atoms with van der Waals surface area (Å²) in [6.45, 7) is 13.2. The average molecular weight is 398 g/mol. The number of ether oxygens (including phenoxy) is 2. The van der Waals surface area contributed by atoms with Crippen molar-refractivity contribution in [1.29, 1.82) is 0 Å². The van der Waals surface area contributed by atoms with E-state index in [1.165, 1.54) is 5.57 Å². The molecule has 2 saturated carbocycles. The van der Waals surface area contributed by atoms with Gasteiger partial charge in [0.05, 0.1) is 12.1 Å². The fraction of sp³-hybridized carbons (Fsp3) is 0.583. The molecule has 156 valence electrons. The van der Waals surface area contributed by atoms with E-state index < -0.39 is 0 Å². The van der Waals surface area contributed by atoms with Crippen molar-refractivity contribution in [2.45, 2.75) is 60.8 Å². The van der Waals surface area contributed by atoms with Crippen LogP contribution in [0.25, 0.3) is 6.08 Å². The van der Waals surface area contributed by atoms with Gasteiger partial charge in [-0.2, -0.15) is 0 Å². The van der Waals surface area contributed by atoms with Crippen LogP contribution in [0.2, 0.25) is 0 Å². The fourth-order valence-corrected chi connectivity index (χ4v) is 5.02. The lowest BCUT2D eigenvalue weighted by molar-refractivity contribution is -0.145. The maximum Gasteiger partial charge on any atom is 0.335 e. The monoisotopic (exact) mass is 397 g/mol. The van der Waals surface area contributed by atoms with Crippen LogP contribution in [-0.4, -0.2) is 18.5 Å². The number of oxime groups is 1. The van der Waals surface area contributed by atoms with Gasteiger partial charge in [-0.15, -0.1) is 0 Å². The predicted molar refractivity (Wildman–Crippen MR) is 113 cm³/mol. The minimum absolute atomic E-state index is 0.0600. The highest BCUT2D eigenvalue weighted by Crippen LogP contribution is 2.66. The Kier molecular flexibility index (Phi) is 4.56. The van der Waals surface area contributed by atoms with Crippen molar-refractivity contribution >= 4 is 17.8 Å². The van der Waals surface area contributed by atoms with E-state index in [2.05, 4.69) is 32.0 Å². The fourth-order valence-electron chi connectivity index (χ4n) is 5.02. The first-order valence-electron chi connectivity index (χ1n) is 10.4. The molecule has 0 N–H and O–H groups in total. The van der Waals surface area contributed by atoms with Crippen molar-refractivity contribution in [3.8, 4) is 11.5 Å². The lowest BCUT2D eigenvalue weighted by atomic mass is 9.70. The van der Waals surface area contributed by atoms with Gasteiger partial charge in [-0.25, -0.2) is 4.79 Å². The quantitative estimate of drug-likeness (QED) is 0.493. The first-order valence-corrected chi connectivity index (χ1v) is 10.4. The van der Waals surface area contributed by atoms with Crippen LogP contribution >= 0.6 is 0 Å². The van der Waals surface area contributed by atoms with Crippen LogP contribution in [0, 0.1) is 22.2 Å². The highest BCUT2D eigenvalue weighted by atomic mass is 16.7. The molecule has 2 bridgehead atoms. The molecule has 2 fully saturated rings. The Balaban J connectivity index is 1.69. The van der Waals surface area contributed by atoms with Crippen LogP contribution in [0.4, 0.5) is 0 Å². The summed E-state index contributed by atoms with van der Waals surface area (Å²) in [5.74, 6) is 1.65. The molecule has 4 rings (SSSR count). The van der Waals surface area contributed by atoms with E-state index in [4.69, 9.17) is 14.3 Å². The minimum Gasteiger partial charge on any atom is -0.454 e. The summed E-state index contributed by atoms with van der Waals surface area (Å²) in [7, 11) is 0. The van der Waals surface area contributed by atoms with Gasteiger partial charge in [0.1, 0.15) is 0 Å². The van der Waals surface area contributed by atoms with Gasteiger partial charge in [-0.3, -0.25) is 0 Å². The molecule has 0 amide bonds. The third-order valence-electron chi connectivity index (χ3n) is 7.03. The number of carbonyl (C=O) groups is 1. The van der Waals surface area contributed by atoms with E-state index >= 15 is 0 Å². The van der Waals surface area contributed by atoms with Crippen LogP contribution in [0.3, 0.4) is 0 Å². The number of hydrogen-bond donors (Lipinski definition) is 0. The smallest absolute Gasteiger partial charge is 0.335 e. The van der Waals surface area contributed by atoms with Crippen molar-refractivity contribution in [3.05, 3.63) is 29.3 Å². The highest BCUT2D eigenvalue weighted by molar-refractivity contribution is 6.11. The van der Waals surface area contributed by atoms with Gasteiger partial charge in [0.15, 0.2) is 11.5 Å². The van der Waals surface area contributed by atoms with Gasteiger partial charge < -0.3 is 14.3 Å². The van der Waals surface area contributed by atoms with Crippen molar-refractivity contribution in [1.82, 2.24) is 0 Å². The molecule has 1 aromatic carbocycles. The molecule has 0 saturated heterocycles. The topological polar surface area (TPSA) is 57.1 Å². The molecule has 29 heavy (non-hydrogen) atoms. The van der Waals surface area contributed by atoms with Crippen LogP contribution in [0.15, 0.2) is 28.9 Å². The molecule has 5 heteroatoms. The molecule has 2 atom stereocenters. The zero-order valence-corrected chi connectivity index (χ0v) is 18.3. The Morgan fingerprint density at radius 2 is 1.97 bits per heavy atom. The Bertz CT molecular complexity index is 906. The lowest BCUT2D eigenvalue weighted by Crippen LogP contribution is -2.33. The summed E-state index contributed by atoms with van der Waals surface area (Å²) < 4.78 is 11.0. The molecule has 0 unspecified atom stereocenters. The van der Waals surface area contributed by atoms with Crippen molar-refractivity contribution in [2.24, 2.45) is 27.3 Å². The summed E-state index contributed by atoms with van der Waals surface area (Å²) >= 11 is 0. The summed E-state index contributed by atoms with van der Waals surface area (Å²) in [5.41, 5.74) is 2.96. The Labute approximate surface area is 173 Å². The SMILES string of the molecule is CC(C)(C)CC(=O)O/N=C1\C(=C\c2ccc3c(c2)OCO3)[C@@H]2CC[C@@]1(C)C2(C)C. The Morgan fingerprint density at radius 1 is 1.24 bits per heavy atom. The van der Waals surface area contributed by atoms with Crippen LogP contribution < -0.4 is 9.47 Å². The molecule has 0 aromatic heterocycles. The van der Waals surface area contributed by atoms with E-state index in [9.17, 15) is 4.79 Å². The molecular formula is C24H31NO4. The van der Waals surface area contributed by atoms with E-state index in [-0.39, 0.29) is 29.0 Å². The molecule has 0 spiro atoms. The first kappa shape index (κ1) is 20.0. The second-order valence-corrected chi connectivity index (χ2v) is 10.5. The van der Waals surface area contributed by atoms with Gasteiger partial charge in [0, 0.05) is 5.41 Å². The minimum atomic E-state index is -0.281. The number of nitrogens with zero attached hydrogens (tertiary/aromatic N) is 1. The molecule has 1 heterocycles. The number of rotatable bonds is 3. The molecule has 0 radical (unpaired) electrons. The number of allylic oxidation sites excluding steroid dienone is 1. The van der Waals surface area contributed by atoms with Crippen LogP contribution in [0.1, 0.15) is 66.4 Å². The molecule has 1 aliphatic heterocycles. The summed E-state index contributed by atoms with van der Waals surface area (Å²) in [6, 6.07) is 5.97. The van der Waals surface area contributed by atoms with Gasteiger partial charge >= 0.3 is 5.97 Å². The molecule has 3 aliphatic rings. The largest absolute Gasteiger partial charge is 0.454 e. The number of benzene rings is 1. The first-order chi connectivity index (χ1) is 13.5. The van der Waals surface area contributed by atoms with Crippen molar-refractivity contribution in [2.75, 3.05) is 6.79 Å². The maximum absolute atomic E-state index is 12.3. The third kappa shape index (κ3) is 3.34. The van der Waals surface area contributed by atoms with E-state index in [0.717, 1.165) is 35.6 Å². The zero-order chi connectivity index (χ0) is 21.0. The summed E-state index contributed by atoms with van der Waals surface area (Å²) in [5, 5.41) is 4.45. The molecule has 5 nitrogen and oxygen atoms in total. The zero-order valence-electron chi connectivity index (χ0n) is 18.3. The predicted octanol–water partition coefficient (Wildman–Crippen LogP) is 5.59. The van der Waals surface area contributed by atoms with Crippen molar-refractivity contribution < 1.29 is 19.1 Å². The van der Waals surface area contributed by atoms with Gasteiger partial charge in [-0.1, -0.05) is 52.8 Å². The van der Waals surface area contributed by atoms with Gasteiger partial charge in [-0.05, 0) is 58.9 Å². The normalized spacial score (nSPS) is 29.7. The second kappa shape index (κ2) is 6.61. The molecular weight excluding hydrogens is 366 g/mol. The Morgan fingerprint density at radius 3 is 2.69 bits per heavy atom. The molecule has 2 aliphatic carbocycles. The van der Waals surface area contributed by atoms with Crippen LogP contribution in [0.5, 0.6) is 11.5 Å². The summed E-state index contributed by atoms with van der Waals surface area (Å²) in [6.07, 6.45) is 4.69. The number of hydrogen-bond acceptors (Lipinski definition) is 5. The third-order valence-corrected chi connectivity index (χ3v) is 7.03. The van der Waals surface area contributed by atoms with Crippen LogP contribution in [-0.2, 0) is 9.63 Å². The standard InChI is InChI=1S/C24H31NO4/c1-22(2,3)13-20(26)29-25-21-16(17-9-10-24(21,6)23(17,4)5)11-15-7-8-18-19(12-15)28-14-27-18/h7-8,11-12,17H,9-10,13-14H2,1-6H3/b16-11+,25-21+/t17-,24+/m0/s1. The number of carbonyl (C=O) groups excluding carboxylic acids is 1.